The molecule has 2 heterocycles. The van der Waals surface area contributed by atoms with Crippen LogP contribution in [0, 0.1) is 6.92 Å². The zero-order valence-electron chi connectivity index (χ0n) is 13.5. The Balaban J connectivity index is 1.76. The molecule has 0 atom stereocenters. The van der Waals surface area contributed by atoms with Crippen molar-refractivity contribution < 1.29 is 0 Å². The number of aryl methyl sites for hydroxylation is 2. The number of nitrogens with one attached hydrogen (secondary N) is 2. The van der Waals surface area contributed by atoms with E-state index in [4.69, 9.17) is 0 Å². The lowest BCUT2D eigenvalue weighted by atomic mass is 10.2. The molecule has 0 unspecified atom stereocenters. The van der Waals surface area contributed by atoms with E-state index in [9.17, 15) is 0 Å². The van der Waals surface area contributed by atoms with E-state index in [1.54, 1.807) is 11.3 Å². The summed E-state index contributed by atoms with van der Waals surface area (Å²) in [5, 5.41) is 11.9. The summed E-state index contributed by atoms with van der Waals surface area (Å²) >= 11 is 1.74. The molecule has 2 aromatic heterocycles. The summed E-state index contributed by atoms with van der Waals surface area (Å²) in [6, 6.07) is 0. The van der Waals surface area contributed by atoms with Crippen molar-refractivity contribution in [2.45, 2.75) is 26.7 Å². The van der Waals surface area contributed by atoms with E-state index in [2.05, 4.69) is 39.6 Å². The van der Waals surface area contributed by atoms with Crippen LogP contribution >= 0.6 is 11.3 Å². The number of hydrogen-bond donors (Lipinski definition) is 2. The molecule has 22 heavy (non-hydrogen) atoms. The van der Waals surface area contributed by atoms with Crippen molar-refractivity contribution in [1.82, 2.24) is 25.4 Å². The Kier molecular flexibility index (Phi) is 6.39. The normalized spacial score (nSPS) is 11.7. The van der Waals surface area contributed by atoms with Crippen molar-refractivity contribution >= 4 is 17.3 Å². The topological polar surface area (TPSA) is 67.1 Å². The van der Waals surface area contributed by atoms with Gasteiger partial charge in [-0.1, -0.05) is 0 Å². The second kappa shape index (κ2) is 8.53. The molecule has 0 aliphatic carbocycles. The van der Waals surface area contributed by atoms with Crippen LogP contribution in [0.4, 0.5) is 0 Å². The van der Waals surface area contributed by atoms with Gasteiger partial charge in [-0.25, -0.2) is 4.98 Å². The van der Waals surface area contributed by atoms with Crippen LogP contribution in [-0.2, 0) is 19.9 Å². The van der Waals surface area contributed by atoms with Gasteiger partial charge < -0.3 is 10.6 Å². The molecule has 2 aromatic rings. The van der Waals surface area contributed by atoms with Crippen LogP contribution < -0.4 is 10.6 Å². The standard InChI is InChI=1S/C15H24N6S/c1-4-16-15(17-7-5-13-10-20-21(3)11-13)18-8-6-14-19-9-12(2)22-14/h9-11H,4-8H2,1-3H3,(H2,16,17,18). The van der Waals surface area contributed by atoms with Crippen LogP contribution in [0.3, 0.4) is 0 Å². The van der Waals surface area contributed by atoms with E-state index in [1.165, 1.54) is 10.4 Å². The first-order valence-electron chi connectivity index (χ1n) is 7.58. The van der Waals surface area contributed by atoms with Crippen LogP contribution in [0.15, 0.2) is 23.6 Å². The minimum atomic E-state index is 0.745. The van der Waals surface area contributed by atoms with Gasteiger partial charge in [0.25, 0.3) is 0 Å². The fourth-order valence-corrected chi connectivity index (χ4v) is 2.82. The maximum absolute atomic E-state index is 4.59. The monoisotopic (exact) mass is 320 g/mol. The highest BCUT2D eigenvalue weighted by molar-refractivity contribution is 7.11. The molecule has 0 bridgehead atoms. The second-order valence-electron chi connectivity index (χ2n) is 5.07. The third kappa shape index (κ3) is 5.48. The first kappa shape index (κ1) is 16.5. The van der Waals surface area contributed by atoms with Gasteiger partial charge in [0.1, 0.15) is 0 Å². The van der Waals surface area contributed by atoms with E-state index in [1.807, 2.05) is 30.3 Å². The Bertz CT molecular complexity index is 601. The predicted molar refractivity (Wildman–Crippen MR) is 91.4 cm³/mol. The summed E-state index contributed by atoms with van der Waals surface area (Å²) in [6.07, 6.45) is 7.68. The van der Waals surface area contributed by atoms with Crippen molar-refractivity contribution in [1.29, 1.82) is 0 Å². The molecular weight excluding hydrogens is 296 g/mol. The van der Waals surface area contributed by atoms with Crippen LogP contribution in [0.1, 0.15) is 22.4 Å². The summed E-state index contributed by atoms with van der Waals surface area (Å²) in [4.78, 5) is 10.2. The van der Waals surface area contributed by atoms with Crippen LogP contribution in [0.5, 0.6) is 0 Å². The summed E-state index contributed by atoms with van der Waals surface area (Å²) in [5.74, 6) is 0.861. The van der Waals surface area contributed by atoms with Gasteiger partial charge in [0.2, 0.25) is 0 Å². The summed E-state index contributed by atoms with van der Waals surface area (Å²) in [6.45, 7) is 6.59. The molecule has 0 aliphatic heterocycles. The Morgan fingerprint density at radius 3 is 2.82 bits per heavy atom. The number of rotatable bonds is 7. The van der Waals surface area contributed by atoms with Crippen molar-refractivity contribution in [3.8, 4) is 0 Å². The smallest absolute Gasteiger partial charge is 0.191 e. The molecule has 0 amide bonds. The van der Waals surface area contributed by atoms with Crippen LogP contribution in [0.2, 0.25) is 0 Å². The number of aliphatic imine (C=N–C) groups is 1. The fraction of sp³-hybridized carbons (Fsp3) is 0.533. The third-order valence-electron chi connectivity index (χ3n) is 3.07. The Hall–Kier alpha value is -1.89. The van der Waals surface area contributed by atoms with Gasteiger partial charge in [0.15, 0.2) is 5.96 Å². The molecule has 6 nitrogen and oxygen atoms in total. The lowest BCUT2D eigenvalue weighted by Crippen LogP contribution is -2.38. The Morgan fingerprint density at radius 2 is 2.18 bits per heavy atom. The van der Waals surface area contributed by atoms with Crippen LogP contribution in [0.25, 0.3) is 0 Å². The Morgan fingerprint density at radius 1 is 1.32 bits per heavy atom. The number of nitrogens with zero attached hydrogens (tertiary/aromatic N) is 4. The average molecular weight is 320 g/mol. The predicted octanol–water partition coefficient (Wildman–Crippen LogP) is 1.53. The molecule has 0 aliphatic rings. The van der Waals surface area contributed by atoms with E-state index >= 15 is 0 Å². The van der Waals surface area contributed by atoms with Gasteiger partial charge in [0.05, 0.1) is 11.2 Å². The molecule has 0 aromatic carbocycles. The van der Waals surface area contributed by atoms with Crippen molar-refractivity contribution in [2.24, 2.45) is 12.0 Å². The zero-order valence-corrected chi connectivity index (χ0v) is 14.3. The van der Waals surface area contributed by atoms with E-state index in [0.717, 1.165) is 43.4 Å². The molecule has 0 radical (unpaired) electrons. The lowest BCUT2D eigenvalue weighted by Gasteiger charge is -2.10. The maximum Gasteiger partial charge on any atom is 0.191 e. The van der Waals surface area contributed by atoms with Gasteiger partial charge >= 0.3 is 0 Å². The highest BCUT2D eigenvalue weighted by atomic mass is 32.1. The van der Waals surface area contributed by atoms with E-state index in [0.29, 0.717) is 0 Å². The quantitative estimate of drug-likeness (QED) is 0.600. The molecule has 2 rings (SSSR count). The highest BCUT2D eigenvalue weighted by Gasteiger charge is 2.01. The summed E-state index contributed by atoms with van der Waals surface area (Å²) in [5.41, 5.74) is 1.23. The Labute approximate surface area is 135 Å². The van der Waals surface area contributed by atoms with Crippen molar-refractivity contribution in [3.05, 3.63) is 34.0 Å². The molecule has 0 saturated carbocycles. The van der Waals surface area contributed by atoms with Gasteiger partial charge in [-0.2, -0.15) is 5.10 Å². The lowest BCUT2D eigenvalue weighted by molar-refractivity contribution is 0.765. The number of guanidine groups is 1. The van der Waals surface area contributed by atoms with Gasteiger partial charge in [0, 0.05) is 50.4 Å². The summed E-state index contributed by atoms with van der Waals surface area (Å²) in [7, 11) is 1.93. The molecule has 0 saturated heterocycles. The van der Waals surface area contributed by atoms with E-state index < -0.39 is 0 Å². The zero-order chi connectivity index (χ0) is 15.8. The number of thiazole rings is 1. The molecular formula is C15H24N6S. The highest BCUT2D eigenvalue weighted by Crippen LogP contribution is 2.11. The molecule has 2 N–H and O–H groups in total. The molecule has 120 valence electrons. The minimum Gasteiger partial charge on any atom is -0.357 e. The van der Waals surface area contributed by atoms with Crippen molar-refractivity contribution in [2.75, 3.05) is 19.6 Å². The largest absolute Gasteiger partial charge is 0.357 e. The van der Waals surface area contributed by atoms with Gasteiger partial charge in [-0.05, 0) is 25.8 Å². The number of aromatic nitrogens is 3. The van der Waals surface area contributed by atoms with E-state index in [-0.39, 0.29) is 0 Å². The second-order valence-corrected chi connectivity index (χ2v) is 6.39. The maximum atomic E-state index is 4.59. The van der Waals surface area contributed by atoms with Gasteiger partial charge in [-0.15, -0.1) is 11.3 Å². The molecule has 7 heteroatoms. The number of hydrogen-bond acceptors (Lipinski definition) is 4. The summed E-state index contributed by atoms with van der Waals surface area (Å²) < 4.78 is 1.82. The fourth-order valence-electron chi connectivity index (χ4n) is 2.05. The van der Waals surface area contributed by atoms with Gasteiger partial charge in [-0.3, -0.25) is 9.67 Å². The first-order valence-corrected chi connectivity index (χ1v) is 8.40. The minimum absolute atomic E-state index is 0.745. The van der Waals surface area contributed by atoms with Crippen molar-refractivity contribution in [3.63, 3.8) is 0 Å². The molecule has 0 fully saturated rings. The third-order valence-corrected chi connectivity index (χ3v) is 4.05. The SMILES string of the molecule is CCNC(=NCCc1ncc(C)s1)NCCc1cnn(C)c1. The first-order chi connectivity index (χ1) is 10.7. The average Bonchev–Trinajstić information content (AvgIpc) is 3.08. The van der Waals surface area contributed by atoms with Crippen LogP contribution in [-0.4, -0.2) is 40.4 Å². The molecule has 0 spiro atoms.